The Morgan fingerprint density at radius 3 is 2.79 bits per heavy atom. The van der Waals surface area contributed by atoms with Gasteiger partial charge in [-0.2, -0.15) is 0 Å². The summed E-state index contributed by atoms with van der Waals surface area (Å²) in [5.74, 6) is -0.832. The van der Waals surface area contributed by atoms with E-state index >= 15 is 0 Å². The van der Waals surface area contributed by atoms with Crippen molar-refractivity contribution in [1.29, 1.82) is 0 Å². The Morgan fingerprint density at radius 2 is 2.16 bits per heavy atom. The van der Waals surface area contributed by atoms with Crippen LogP contribution in [0.5, 0.6) is 0 Å². The molecular formula is C14H17NO3S. The van der Waals surface area contributed by atoms with Crippen LogP contribution in [0.3, 0.4) is 0 Å². The number of amides is 1. The number of hydrogen-bond acceptors (Lipinski definition) is 4. The van der Waals surface area contributed by atoms with Crippen molar-refractivity contribution >= 4 is 23.6 Å². The molecule has 0 spiro atoms. The van der Waals surface area contributed by atoms with Gasteiger partial charge in [0.25, 0.3) is 5.91 Å². The van der Waals surface area contributed by atoms with Gasteiger partial charge in [-0.15, -0.1) is 18.3 Å². The lowest BCUT2D eigenvalue weighted by molar-refractivity contribution is -0.128. The van der Waals surface area contributed by atoms with Crippen molar-refractivity contribution in [2.45, 2.75) is 17.9 Å². The molecule has 0 aliphatic heterocycles. The normalized spacial score (nSPS) is 11.5. The van der Waals surface area contributed by atoms with Crippen LogP contribution >= 0.6 is 11.8 Å². The summed E-state index contributed by atoms with van der Waals surface area (Å²) >= 11 is 1.46. The van der Waals surface area contributed by atoms with Gasteiger partial charge in [-0.25, -0.2) is 4.79 Å². The van der Waals surface area contributed by atoms with Crippen LogP contribution in [0.4, 0.5) is 0 Å². The Morgan fingerprint density at radius 1 is 1.47 bits per heavy atom. The van der Waals surface area contributed by atoms with Crippen molar-refractivity contribution in [3.05, 3.63) is 42.5 Å². The fourth-order valence-corrected chi connectivity index (χ4v) is 1.99. The summed E-state index contributed by atoms with van der Waals surface area (Å²) in [4.78, 5) is 24.4. The van der Waals surface area contributed by atoms with E-state index in [1.165, 1.54) is 18.7 Å². The van der Waals surface area contributed by atoms with Crippen molar-refractivity contribution < 1.29 is 14.3 Å². The second-order valence-electron chi connectivity index (χ2n) is 3.78. The molecule has 0 unspecified atom stereocenters. The van der Waals surface area contributed by atoms with Crippen LogP contribution in [-0.2, 0) is 9.53 Å². The van der Waals surface area contributed by atoms with Crippen molar-refractivity contribution in [2.75, 3.05) is 12.8 Å². The molecule has 0 heterocycles. The van der Waals surface area contributed by atoms with Gasteiger partial charge in [0.05, 0.1) is 5.56 Å². The largest absolute Gasteiger partial charge is 0.449 e. The van der Waals surface area contributed by atoms with Crippen molar-refractivity contribution in [3.8, 4) is 0 Å². The van der Waals surface area contributed by atoms with E-state index in [9.17, 15) is 9.59 Å². The van der Waals surface area contributed by atoms with Crippen LogP contribution in [0.25, 0.3) is 0 Å². The van der Waals surface area contributed by atoms with Crippen LogP contribution in [0, 0.1) is 0 Å². The molecule has 1 N–H and O–H groups in total. The van der Waals surface area contributed by atoms with Gasteiger partial charge in [0.1, 0.15) is 0 Å². The number of esters is 1. The van der Waals surface area contributed by atoms with E-state index in [1.807, 2.05) is 18.4 Å². The van der Waals surface area contributed by atoms with Crippen molar-refractivity contribution in [3.63, 3.8) is 0 Å². The fourth-order valence-electron chi connectivity index (χ4n) is 1.41. The van der Waals surface area contributed by atoms with E-state index in [4.69, 9.17) is 4.74 Å². The number of ether oxygens (including phenoxy) is 1. The summed E-state index contributed by atoms with van der Waals surface area (Å²) in [6.07, 6.45) is 2.62. The first kappa shape index (κ1) is 15.3. The van der Waals surface area contributed by atoms with Crippen LogP contribution in [-0.4, -0.2) is 30.8 Å². The third-order valence-electron chi connectivity index (χ3n) is 2.40. The molecule has 1 atom stereocenters. The van der Waals surface area contributed by atoms with Gasteiger partial charge < -0.3 is 10.1 Å². The SMILES string of the molecule is C=CCNC(=O)[C@@H](C)OC(=O)c1ccccc1SC. The van der Waals surface area contributed by atoms with Gasteiger partial charge >= 0.3 is 5.97 Å². The lowest BCUT2D eigenvalue weighted by Crippen LogP contribution is -2.35. The summed E-state index contributed by atoms with van der Waals surface area (Å²) in [6.45, 7) is 5.39. The molecule has 1 rings (SSSR count). The zero-order valence-corrected chi connectivity index (χ0v) is 11.8. The summed E-state index contributed by atoms with van der Waals surface area (Å²) in [7, 11) is 0. The van der Waals surface area contributed by atoms with Gasteiger partial charge in [0.2, 0.25) is 0 Å². The van der Waals surface area contributed by atoms with Crippen molar-refractivity contribution in [2.24, 2.45) is 0 Å². The van der Waals surface area contributed by atoms with Crippen LogP contribution < -0.4 is 5.32 Å². The highest BCUT2D eigenvalue weighted by molar-refractivity contribution is 7.98. The Kier molecular flexibility index (Phi) is 6.15. The smallest absolute Gasteiger partial charge is 0.340 e. The topological polar surface area (TPSA) is 55.4 Å². The second-order valence-corrected chi connectivity index (χ2v) is 4.63. The number of benzene rings is 1. The minimum atomic E-state index is -0.831. The molecule has 102 valence electrons. The lowest BCUT2D eigenvalue weighted by atomic mass is 10.2. The molecular weight excluding hydrogens is 262 g/mol. The van der Waals surface area contributed by atoms with E-state index < -0.39 is 12.1 Å². The molecule has 1 aromatic carbocycles. The van der Waals surface area contributed by atoms with E-state index in [-0.39, 0.29) is 5.91 Å². The molecule has 0 fully saturated rings. The number of nitrogens with one attached hydrogen (secondary N) is 1. The minimum absolute atomic E-state index is 0.338. The number of thioether (sulfide) groups is 1. The molecule has 0 aliphatic rings. The molecule has 1 aromatic rings. The third-order valence-corrected chi connectivity index (χ3v) is 3.20. The fraction of sp³-hybridized carbons (Fsp3) is 0.286. The Hall–Kier alpha value is -1.75. The van der Waals surface area contributed by atoms with E-state index in [0.29, 0.717) is 12.1 Å². The maximum Gasteiger partial charge on any atom is 0.340 e. The first-order chi connectivity index (χ1) is 9.10. The maximum absolute atomic E-state index is 12.0. The summed E-state index contributed by atoms with van der Waals surface area (Å²) in [5, 5.41) is 2.58. The quantitative estimate of drug-likeness (QED) is 0.493. The van der Waals surface area contributed by atoms with Gasteiger partial charge in [-0.05, 0) is 25.3 Å². The molecule has 0 bridgehead atoms. The second kappa shape index (κ2) is 7.63. The summed E-state index contributed by atoms with van der Waals surface area (Å²) in [6, 6.07) is 7.13. The molecule has 0 radical (unpaired) electrons. The molecule has 0 saturated carbocycles. The first-order valence-corrected chi connectivity index (χ1v) is 7.05. The van der Waals surface area contributed by atoms with Gasteiger partial charge in [0.15, 0.2) is 6.10 Å². The van der Waals surface area contributed by atoms with Gasteiger partial charge in [-0.1, -0.05) is 18.2 Å². The predicted molar refractivity (Wildman–Crippen MR) is 76.3 cm³/mol. The Balaban J connectivity index is 2.68. The molecule has 5 heteroatoms. The number of carbonyl (C=O) groups excluding carboxylic acids is 2. The van der Waals surface area contributed by atoms with Crippen molar-refractivity contribution in [1.82, 2.24) is 5.32 Å². The predicted octanol–water partition coefficient (Wildman–Crippen LogP) is 2.26. The zero-order chi connectivity index (χ0) is 14.3. The average Bonchev–Trinajstić information content (AvgIpc) is 2.44. The van der Waals surface area contributed by atoms with Gasteiger partial charge in [0, 0.05) is 11.4 Å². The van der Waals surface area contributed by atoms with E-state index in [0.717, 1.165) is 4.90 Å². The molecule has 1 amide bonds. The molecule has 0 saturated heterocycles. The molecule has 0 aromatic heterocycles. The zero-order valence-electron chi connectivity index (χ0n) is 11.0. The monoisotopic (exact) mass is 279 g/mol. The third kappa shape index (κ3) is 4.44. The Bertz CT molecular complexity index is 474. The highest BCUT2D eigenvalue weighted by Crippen LogP contribution is 2.20. The van der Waals surface area contributed by atoms with Gasteiger partial charge in [-0.3, -0.25) is 4.79 Å². The number of carbonyl (C=O) groups is 2. The Labute approximate surface area is 117 Å². The average molecular weight is 279 g/mol. The first-order valence-electron chi connectivity index (χ1n) is 5.82. The molecule has 19 heavy (non-hydrogen) atoms. The molecule has 4 nitrogen and oxygen atoms in total. The minimum Gasteiger partial charge on any atom is -0.449 e. The highest BCUT2D eigenvalue weighted by Gasteiger charge is 2.19. The maximum atomic E-state index is 12.0. The number of hydrogen-bond donors (Lipinski definition) is 1. The van der Waals surface area contributed by atoms with Crippen LogP contribution in [0.2, 0.25) is 0 Å². The van der Waals surface area contributed by atoms with E-state index in [2.05, 4.69) is 11.9 Å². The van der Waals surface area contributed by atoms with Crippen LogP contribution in [0.15, 0.2) is 41.8 Å². The summed E-state index contributed by atoms with van der Waals surface area (Å²) in [5.41, 5.74) is 0.471. The lowest BCUT2D eigenvalue weighted by Gasteiger charge is -2.13. The van der Waals surface area contributed by atoms with E-state index in [1.54, 1.807) is 18.2 Å². The highest BCUT2D eigenvalue weighted by atomic mass is 32.2. The summed E-state index contributed by atoms with van der Waals surface area (Å²) < 4.78 is 5.14. The standard InChI is InChI=1S/C14H17NO3S/c1-4-9-15-13(16)10(2)18-14(17)11-7-5-6-8-12(11)19-3/h4-8,10H,1,9H2,2-3H3,(H,15,16)/t10-/m1/s1. The number of rotatable bonds is 6. The molecule has 0 aliphatic carbocycles. The van der Waals surface area contributed by atoms with Crippen LogP contribution in [0.1, 0.15) is 17.3 Å².